The van der Waals surface area contributed by atoms with Crippen LogP contribution >= 0.6 is 0 Å². The first-order valence-electron chi connectivity index (χ1n) is 13.6. The second kappa shape index (κ2) is 39.1. The molecule has 0 fully saturated rings. The fourth-order valence-corrected chi connectivity index (χ4v) is 2.48. The molecule has 0 bridgehead atoms. The first-order chi connectivity index (χ1) is 16.6. The van der Waals surface area contributed by atoms with E-state index in [1.54, 1.807) is 20.8 Å². The van der Waals surface area contributed by atoms with Gasteiger partial charge in [0.2, 0.25) is 0 Å². The second-order valence-corrected chi connectivity index (χ2v) is 7.92. The number of carbonyl (C=O) groups is 4. The van der Waals surface area contributed by atoms with Crippen LogP contribution < -0.4 is 0 Å². The lowest BCUT2D eigenvalue weighted by Gasteiger charge is -2.13. The van der Waals surface area contributed by atoms with Crippen LogP contribution in [-0.4, -0.2) is 23.6 Å². The molecule has 0 radical (unpaired) electrons. The minimum Gasteiger partial charge on any atom is -0.304 e. The molecule has 0 amide bonds. The number of Topliss-reactive ketones (excluding diaryl/α,β-unsaturated/α-hetero) is 3. The highest BCUT2D eigenvalue weighted by Crippen LogP contribution is 2.22. The van der Waals surface area contributed by atoms with E-state index in [9.17, 15) is 14.4 Å². The summed E-state index contributed by atoms with van der Waals surface area (Å²) in [7, 11) is 0. The predicted molar refractivity (Wildman–Crippen MR) is 154 cm³/mol. The number of ketones is 3. The molecule has 0 aliphatic carbocycles. The molecule has 0 aliphatic rings. The highest BCUT2D eigenvalue weighted by Gasteiger charge is 2.14. The number of rotatable bonds is 10. The molecule has 0 heterocycles. The van der Waals surface area contributed by atoms with Crippen LogP contribution in [0, 0.1) is 0 Å². The summed E-state index contributed by atoms with van der Waals surface area (Å²) in [5, 5.41) is 0. The first kappa shape index (κ1) is 43.0. The van der Waals surface area contributed by atoms with E-state index < -0.39 is 0 Å². The largest absolute Gasteiger partial charge is 0.304 e. The molecule has 0 aliphatic heterocycles. The summed E-state index contributed by atoms with van der Waals surface area (Å²) in [6.45, 7) is 20.9. The summed E-state index contributed by atoms with van der Waals surface area (Å²) in [5.41, 5.74) is 1.16. The molecule has 0 N–H and O–H groups in total. The van der Waals surface area contributed by atoms with Gasteiger partial charge in [-0.15, -0.1) is 0 Å². The molecule has 0 saturated heterocycles. The molecule has 4 heteroatoms. The molecule has 0 spiro atoms. The Labute approximate surface area is 218 Å². The maximum atomic E-state index is 11.5. The van der Waals surface area contributed by atoms with Gasteiger partial charge in [0.15, 0.2) is 0 Å². The lowest BCUT2D eigenvalue weighted by molar-refractivity contribution is -0.119. The fourth-order valence-electron chi connectivity index (χ4n) is 2.48. The van der Waals surface area contributed by atoms with Crippen LogP contribution in [0.25, 0.3) is 0 Å². The average molecular weight is 495 g/mol. The zero-order valence-electron chi connectivity index (χ0n) is 25.0. The van der Waals surface area contributed by atoms with Crippen LogP contribution in [0.15, 0.2) is 30.3 Å². The van der Waals surface area contributed by atoms with Crippen molar-refractivity contribution in [2.75, 3.05) is 0 Å². The average Bonchev–Trinajstić information content (AvgIpc) is 2.81. The van der Waals surface area contributed by atoms with Gasteiger partial charge < -0.3 is 14.4 Å². The molecule has 1 aromatic carbocycles. The number of unbranched alkanes of at least 4 members (excludes halogenated alkanes) is 2. The Morgan fingerprint density at radius 1 is 0.743 bits per heavy atom. The van der Waals surface area contributed by atoms with Crippen molar-refractivity contribution in [3.05, 3.63) is 35.9 Å². The topological polar surface area (TPSA) is 68.3 Å². The maximum absolute atomic E-state index is 11.5. The highest BCUT2D eigenvalue weighted by atomic mass is 16.1. The Bertz CT molecular complexity index is 565. The smallest absolute Gasteiger partial charge is 0.137 e. The molecule has 1 atom stereocenters. The molecular formula is C31H58O4. The van der Waals surface area contributed by atoms with E-state index >= 15 is 0 Å². The number of aldehydes is 1. The molecule has 1 rings (SSSR count). The zero-order chi connectivity index (χ0) is 28.5. The lowest BCUT2D eigenvalue weighted by atomic mass is 9.90. The monoisotopic (exact) mass is 494 g/mol. The fraction of sp³-hybridized carbons (Fsp3) is 0.677. The Hall–Kier alpha value is -2.10. The van der Waals surface area contributed by atoms with Crippen molar-refractivity contribution in [3.8, 4) is 0 Å². The van der Waals surface area contributed by atoms with Crippen molar-refractivity contribution in [2.24, 2.45) is 0 Å². The van der Waals surface area contributed by atoms with Gasteiger partial charge in [-0.3, -0.25) is 4.79 Å². The van der Waals surface area contributed by atoms with Crippen molar-refractivity contribution in [2.45, 2.75) is 140 Å². The SMILES string of the molecule is CC.CC=O.CCC.CCCC(C)=O.CCCCC(C(C)=O)c1ccccc1.CCCCC(C)=O. The van der Waals surface area contributed by atoms with Gasteiger partial charge in [-0.1, -0.05) is 104 Å². The maximum Gasteiger partial charge on any atom is 0.137 e. The summed E-state index contributed by atoms with van der Waals surface area (Å²) in [6.07, 6.45) is 9.91. The number of benzene rings is 1. The zero-order valence-corrected chi connectivity index (χ0v) is 25.0. The Morgan fingerprint density at radius 3 is 1.37 bits per heavy atom. The van der Waals surface area contributed by atoms with Gasteiger partial charge in [0.1, 0.15) is 23.6 Å². The normalized spacial score (nSPS) is 9.23. The minimum atomic E-state index is 0.108. The minimum absolute atomic E-state index is 0.108. The summed E-state index contributed by atoms with van der Waals surface area (Å²) >= 11 is 0. The van der Waals surface area contributed by atoms with E-state index in [1.165, 1.54) is 13.3 Å². The van der Waals surface area contributed by atoms with Gasteiger partial charge >= 0.3 is 0 Å². The lowest BCUT2D eigenvalue weighted by Crippen LogP contribution is -2.08. The van der Waals surface area contributed by atoms with Crippen molar-refractivity contribution in [3.63, 3.8) is 0 Å². The molecule has 206 valence electrons. The van der Waals surface area contributed by atoms with E-state index in [1.807, 2.05) is 51.1 Å². The molecule has 4 nitrogen and oxygen atoms in total. The summed E-state index contributed by atoms with van der Waals surface area (Å²) < 4.78 is 0. The number of carbonyl (C=O) groups excluding carboxylic acids is 4. The van der Waals surface area contributed by atoms with E-state index in [0.717, 1.165) is 63.2 Å². The standard InChI is InChI=1S/C13H18O.C6H12O.C5H10O.C3H8.C2H4O.C2H6/c1-3-4-10-13(11(2)14)12-8-6-5-7-9-12;1-3-4-5-6(2)7;1-3-4-5(2)6;1-3-2;1-2-3;1-2/h5-9,13H,3-4,10H2,1-2H3;3-5H2,1-2H3;3-4H2,1-2H3;3H2,1-2H3;2H,1H3;1-2H3. The van der Waals surface area contributed by atoms with Crippen LogP contribution in [0.1, 0.15) is 145 Å². The third-order valence-electron chi connectivity index (χ3n) is 4.02. The van der Waals surface area contributed by atoms with Crippen molar-refractivity contribution in [1.29, 1.82) is 0 Å². The number of hydrogen-bond acceptors (Lipinski definition) is 4. The molecule has 35 heavy (non-hydrogen) atoms. The third-order valence-corrected chi connectivity index (χ3v) is 4.02. The van der Waals surface area contributed by atoms with Gasteiger partial charge in [0, 0.05) is 18.8 Å². The summed E-state index contributed by atoms with van der Waals surface area (Å²) in [6, 6.07) is 10.1. The van der Waals surface area contributed by atoms with Crippen LogP contribution in [0.2, 0.25) is 0 Å². The van der Waals surface area contributed by atoms with Crippen LogP contribution in [0.3, 0.4) is 0 Å². The van der Waals surface area contributed by atoms with E-state index in [0.29, 0.717) is 5.78 Å². The van der Waals surface area contributed by atoms with Crippen LogP contribution in [0.4, 0.5) is 0 Å². The summed E-state index contributed by atoms with van der Waals surface area (Å²) in [5.74, 6) is 0.986. The van der Waals surface area contributed by atoms with Crippen LogP contribution in [0.5, 0.6) is 0 Å². The van der Waals surface area contributed by atoms with Gasteiger partial charge in [-0.25, -0.2) is 0 Å². The van der Waals surface area contributed by atoms with E-state index in [2.05, 4.69) is 27.7 Å². The van der Waals surface area contributed by atoms with Gasteiger partial charge in [0.05, 0.1) is 0 Å². The second-order valence-electron chi connectivity index (χ2n) is 7.92. The Balaban J connectivity index is -0.000000121. The van der Waals surface area contributed by atoms with Crippen molar-refractivity contribution >= 4 is 23.6 Å². The van der Waals surface area contributed by atoms with Gasteiger partial charge in [-0.2, -0.15) is 0 Å². The van der Waals surface area contributed by atoms with Crippen LogP contribution in [-0.2, 0) is 19.2 Å². The molecule has 0 saturated carbocycles. The van der Waals surface area contributed by atoms with E-state index in [-0.39, 0.29) is 17.5 Å². The van der Waals surface area contributed by atoms with E-state index in [4.69, 9.17) is 4.79 Å². The van der Waals surface area contributed by atoms with Gasteiger partial charge in [0.25, 0.3) is 0 Å². The highest BCUT2D eigenvalue weighted by molar-refractivity contribution is 5.83. The van der Waals surface area contributed by atoms with Crippen molar-refractivity contribution < 1.29 is 19.2 Å². The summed E-state index contributed by atoms with van der Waals surface area (Å²) in [4.78, 5) is 40.5. The Morgan fingerprint density at radius 2 is 1.14 bits per heavy atom. The number of hydrogen-bond donors (Lipinski definition) is 0. The van der Waals surface area contributed by atoms with Crippen molar-refractivity contribution in [1.82, 2.24) is 0 Å². The molecule has 1 aromatic rings. The molecule has 0 aromatic heterocycles. The first-order valence-corrected chi connectivity index (χ1v) is 13.6. The van der Waals surface area contributed by atoms with Gasteiger partial charge in [-0.05, 0) is 52.5 Å². The predicted octanol–water partition coefficient (Wildman–Crippen LogP) is 9.34. The Kier molecular flexibility index (Phi) is 48.1. The molecular weight excluding hydrogens is 436 g/mol. The molecule has 1 unspecified atom stereocenters. The third kappa shape index (κ3) is 46.0. The quantitative estimate of drug-likeness (QED) is 0.304.